The minimum atomic E-state index is -0.398. The Kier molecular flexibility index (Phi) is 0.963. The number of halogens is 1. The minimum Gasteiger partial charge on any atom is -0.298 e. The van der Waals surface area contributed by atoms with Gasteiger partial charge in [-0.05, 0) is 25.2 Å². The van der Waals surface area contributed by atoms with Crippen molar-refractivity contribution in [3.8, 4) is 0 Å². The van der Waals surface area contributed by atoms with Crippen LogP contribution in [-0.2, 0) is 4.79 Å². The van der Waals surface area contributed by atoms with Gasteiger partial charge in [0.05, 0.1) is 0 Å². The highest BCUT2D eigenvalue weighted by Gasteiger charge is 2.50. The molecular formula is C7H9ClO. The smallest absolute Gasteiger partial charge is 0.154 e. The van der Waals surface area contributed by atoms with E-state index in [9.17, 15) is 4.79 Å². The van der Waals surface area contributed by atoms with Gasteiger partial charge in [0.15, 0.2) is 5.78 Å². The van der Waals surface area contributed by atoms with E-state index in [1.54, 1.807) is 0 Å². The van der Waals surface area contributed by atoms with Crippen molar-refractivity contribution in [2.24, 2.45) is 5.92 Å². The number of ketones is 1. The van der Waals surface area contributed by atoms with Crippen LogP contribution >= 0.6 is 11.6 Å². The average molecular weight is 145 g/mol. The molecule has 50 valence electrons. The molecule has 0 aromatic carbocycles. The summed E-state index contributed by atoms with van der Waals surface area (Å²) in [6, 6.07) is 0. The molecule has 2 atom stereocenters. The van der Waals surface area contributed by atoms with Crippen LogP contribution in [0.2, 0.25) is 0 Å². The van der Waals surface area contributed by atoms with Gasteiger partial charge in [-0.1, -0.05) is 0 Å². The molecule has 9 heavy (non-hydrogen) atoms. The molecule has 1 nitrogen and oxygen atoms in total. The van der Waals surface area contributed by atoms with Crippen molar-refractivity contribution in [1.29, 1.82) is 0 Å². The van der Waals surface area contributed by atoms with Gasteiger partial charge in [-0.15, -0.1) is 11.6 Å². The van der Waals surface area contributed by atoms with Gasteiger partial charge in [0.1, 0.15) is 4.87 Å². The predicted octanol–water partition coefficient (Wildman–Crippen LogP) is 1.74. The quantitative estimate of drug-likeness (QED) is 0.474. The number of Topliss-reactive ketones (excluding diaryl/α,β-unsaturated/α-hetero) is 1. The Morgan fingerprint density at radius 1 is 1.67 bits per heavy atom. The lowest BCUT2D eigenvalue weighted by molar-refractivity contribution is -0.120. The topological polar surface area (TPSA) is 17.1 Å². The molecule has 2 rings (SSSR count). The second-order valence-electron chi connectivity index (χ2n) is 3.20. The first-order valence-corrected chi connectivity index (χ1v) is 3.81. The van der Waals surface area contributed by atoms with E-state index in [2.05, 4.69) is 0 Å². The third-order valence-corrected chi connectivity index (χ3v) is 3.09. The number of hydrogen-bond donors (Lipinski definition) is 0. The summed E-state index contributed by atoms with van der Waals surface area (Å²) < 4.78 is 0. The van der Waals surface area contributed by atoms with Crippen LogP contribution in [0, 0.1) is 5.92 Å². The lowest BCUT2D eigenvalue weighted by Gasteiger charge is -2.14. The molecule has 0 heterocycles. The number of rotatable bonds is 0. The molecule has 0 aromatic heterocycles. The second kappa shape index (κ2) is 1.51. The van der Waals surface area contributed by atoms with Crippen LogP contribution in [0.3, 0.4) is 0 Å². The largest absolute Gasteiger partial charge is 0.298 e. The van der Waals surface area contributed by atoms with Crippen LogP contribution in [0.4, 0.5) is 0 Å². The van der Waals surface area contributed by atoms with Gasteiger partial charge in [-0.3, -0.25) is 4.79 Å². The molecule has 2 saturated carbocycles. The molecule has 2 aliphatic carbocycles. The maximum absolute atomic E-state index is 11.0. The summed E-state index contributed by atoms with van der Waals surface area (Å²) in [5, 5.41) is 0. The second-order valence-corrected chi connectivity index (χ2v) is 3.92. The Balaban J connectivity index is 2.32. The summed E-state index contributed by atoms with van der Waals surface area (Å²) in [6.07, 6.45) is 3.81. The van der Waals surface area contributed by atoms with Crippen molar-refractivity contribution >= 4 is 17.4 Å². The molecule has 2 heteroatoms. The molecule has 0 spiro atoms. The zero-order valence-electron chi connectivity index (χ0n) is 5.19. The van der Waals surface area contributed by atoms with Gasteiger partial charge in [0.2, 0.25) is 0 Å². The van der Waals surface area contributed by atoms with E-state index in [-0.39, 0.29) is 0 Å². The Morgan fingerprint density at radius 3 is 2.67 bits per heavy atom. The summed E-state index contributed by atoms with van der Waals surface area (Å²) in [7, 11) is 0. The lowest BCUT2D eigenvalue weighted by Crippen LogP contribution is -2.25. The zero-order chi connectivity index (χ0) is 6.48. The molecule has 0 aromatic rings. The van der Waals surface area contributed by atoms with Crippen LogP contribution in [0.5, 0.6) is 0 Å². The van der Waals surface area contributed by atoms with Crippen molar-refractivity contribution in [2.45, 2.75) is 30.6 Å². The van der Waals surface area contributed by atoms with Gasteiger partial charge in [0.25, 0.3) is 0 Å². The molecule has 2 aliphatic rings. The van der Waals surface area contributed by atoms with Gasteiger partial charge in [0, 0.05) is 6.42 Å². The Bertz CT molecular complexity index is 166. The summed E-state index contributed by atoms with van der Waals surface area (Å²) in [6.45, 7) is 0. The molecule has 0 amide bonds. The average Bonchev–Trinajstić information content (AvgIpc) is 2.22. The molecule has 0 N–H and O–H groups in total. The fraction of sp³-hybridized carbons (Fsp3) is 0.857. The summed E-state index contributed by atoms with van der Waals surface area (Å²) in [5.41, 5.74) is 0. The van der Waals surface area contributed by atoms with Crippen molar-refractivity contribution in [2.75, 3.05) is 0 Å². The van der Waals surface area contributed by atoms with Crippen molar-refractivity contribution in [3.05, 3.63) is 0 Å². The lowest BCUT2D eigenvalue weighted by atomic mass is 9.99. The third-order valence-electron chi connectivity index (χ3n) is 2.53. The summed E-state index contributed by atoms with van der Waals surface area (Å²) >= 11 is 6.00. The molecule has 0 unspecified atom stereocenters. The maximum Gasteiger partial charge on any atom is 0.154 e. The van der Waals surface area contributed by atoms with Crippen molar-refractivity contribution in [3.63, 3.8) is 0 Å². The first-order chi connectivity index (χ1) is 4.21. The number of hydrogen-bond acceptors (Lipinski definition) is 1. The predicted molar refractivity (Wildman–Crippen MR) is 35.5 cm³/mol. The normalized spacial score (nSPS) is 48.6. The number of alkyl halides is 1. The van der Waals surface area contributed by atoms with Crippen LogP contribution in [-0.4, -0.2) is 10.7 Å². The SMILES string of the molecule is O=C1C[C@H]2CC[C@]1(Cl)C2. The monoisotopic (exact) mass is 144 g/mol. The van der Waals surface area contributed by atoms with E-state index in [0.717, 1.165) is 19.3 Å². The summed E-state index contributed by atoms with van der Waals surface area (Å²) in [4.78, 5) is 10.6. The van der Waals surface area contributed by atoms with E-state index < -0.39 is 4.87 Å². The number of fused-ring (bicyclic) bond motifs is 2. The van der Waals surface area contributed by atoms with Gasteiger partial charge in [-0.2, -0.15) is 0 Å². The Labute approximate surface area is 59.4 Å². The summed E-state index contributed by atoms with van der Waals surface area (Å²) in [5.74, 6) is 0.926. The van der Waals surface area contributed by atoms with Gasteiger partial charge < -0.3 is 0 Å². The molecule has 2 bridgehead atoms. The van der Waals surface area contributed by atoms with Gasteiger partial charge >= 0.3 is 0 Å². The highest BCUT2D eigenvalue weighted by molar-refractivity contribution is 6.36. The molecular weight excluding hydrogens is 136 g/mol. The first-order valence-electron chi connectivity index (χ1n) is 3.43. The zero-order valence-corrected chi connectivity index (χ0v) is 5.95. The first kappa shape index (κ1) is 5.72. The van der Waals surface area contributed by atoms with Crippen LogP contribution in [0.25, 0.3) is 0 Å². The number of carbonyl (C=O) groups excluding carboxylic acids is 1. The highest BCUT2D eigenvalue weighted by Crippen LogP contribution is 2.49. The highest BCUT2D eigenvalue weighted by atomic mass is 35.5. The molecule has 0 saturated heterocycles. The number of carbonyl (C=O) groups is 1. The standard InChI is InChI=1S/C7H9ClO/c8-7-2-1-5(4-7)3-6(7)9/h5H,1-4H2/t5-,7+/m1/s1. The van der Waals surface area contributed by atoms with E-state index >= 15 is 0 Å². The van der Waals surface area contributed by atoms with E-state index in [1.807, 2.05) is 0 Å². The third kappa shape index (κ3) is 0.644. The van der Waals surface area contributed by atoms with Crippen LogP contribution in [0.1, 0.15) is 25.7 Å². The fourth-order valence-electron chi connectivity index (χ4n) is 1.97. The minimum absolute atomic E-state index is 0.292. The Morgan fingerprint density at radius 2 is 2.44 bits per heavy atom. The molecule has 2 fully saturated rings. The Hall–Kier alpha value is -0.0400. The van der Waals surface area contributed by atoms with E-state index in [1.165, 1.54) is 6.42 Å². The van der Waals surface area contributed by atoms with Crippen LogP contribution < -0.4 is 0 Å². The van der Waals surface area contributed by atoms with Crippen molar-refractivity contribution in [1.82, 2.24) is 0 Å². The van der Waals surface area contributed by atoms with Gasteiger partial charge in [-0.25, -0.2) is 0 Å². The van der Waals surface area contributed by atoms with Crippen LogP contribution in [0.15, 0.2) is 0 Å². The fourth-order valence-corrected chi connectivity index (χ4v) is 2.37. The molecule has 0 aliphatic heterocycles. The van der Waals surface area contributed by atoms with Crippen molar-refractivity contribution < 1.29 is 4.79 Å². The maximum atomic E-state index is 11.0. The molecule has 0 radical (unpaired) electrons. The van der Waals surface area contributed by atoms with E-state index in [4.69, 9.17) is 11.6 Å². The van der Waals surface area contributed by atoms with E-state index in [0.29, 0.717) is 11.7 Å².